The van der Waals surface area contributed by atoms with Gasteiger partial charge >= 0.3 is 0 Å². The Morgan fingerprint density at radius 1 is 1.16 bits per heavy atom. The maximum atomic E-state index is 6.29. The SMILES string of the molecule is Clc1cccc2ccn(CCNC3CCCCC3)c12. The summed E-state index contributed by atoms with van der Waals surface area (Å²) in [4.78, 5) is 0. The molecule has 102 valence electrons. The molecule has 2 aromatic rings. The largest absolute Gasteiger partial charge is 0.345 e. The van der Waals surface area contributed by atoms with E-state index in [0.717, 1.165) is 29.7 Å². The number of rotatable bonds is 4. The smallest absolute Gasteiger partial charge is 0.0670 e. The fourth-order valence-electron chi connectivity index (χ4n) is 3.10. The monoisotopic (exact) mass is 276 g/mol. The highest BCUT2D eigenvalue weighted by atomic mass is 35.5. The summed E-state index contributed by atoms with van der Waals surface area (Å²) in [5, 5.41) is 5.75. The topological polar surface area (TPSA) is 17.0 Å². The molecule has 0 spiro atoms. The minimum absolute atomic E-state index is 0.728. The molecule has 0 amide bonds. The number of benzene rings is 1. The molecule has 1 saturated carbocycles. The number of fused-ring (bicyclic) bond motifs is 1. The normalized spacial score (nSPS) is 17.1. The maximum Gasteiger partial charge on any atom is 0.0670 e. The third-order valence-electron chi connectivity index (χ3n) is 4.13. The van der Waals surface area contributed by atoms with Gasteiger partial charge in [-0.05, 0) is 25.0 Å². The van der Waals surface area contributed by atoms with Crippen molar-refractivity contribution < 1.29 is 0 Å². The molecule has 1 aromatic carbocycles. The second-order valence-corrected chi connectivity index (χ2v) is 5.88. The van der Waals surface area contributed by atoms with Gasteiger partial charge < -0.3 is 9.88 Å². The van der Waals surface area contributed by atoms with Crippen LogP contribution in [-0.2, 0) is 6.54 Å². The zero-order valence-corrected chi connectivity index (χ0v) is 12.0. The fourth-order valence-corrected chi connectivity index (χ4v) is 3.39. The van der Waals surface area contributed by atoms with Gasteiger partial charge in [-0.15, -0.1) is 0 Å². The Hall–Kier alpha value is -0.990. The van der Waals surface area contributed by atoms with Crippen molar-refractivity contribution >= 4 is 22.5 Å². The lowest BCUT2D eigenvalue weighted by molar-refractivity contribution is 0.369. The number of nitrogens with one attached hydrogen (secondary N) is 1. The maximum absolute atomic E-state index is 6.29. The van der Waals surface area contributed by atoms with E-state index < -0.39 is 0 Å². The first-order valence-electron chi connectivity index (χ1n) is 7.31. The van der Waals surface area contributed by atoms with Crippen molar-refractivity contribution in [3.05, 3.63) is 35.5 Å². The first-order chi connectivity index (χ1) is 9.34. The van der Waals surface area contributed by atoms with E-state index >= 15 is 0 Å². The Labute approximate surface area is 119 Å². The second-order valence-electron chi connectivity index (χ2n) is 5.48. The molecule has 0 unspecified atom stereocenters. The number of hydrogen-bond acceptors (Lipinski definition) is 1. The summed E-state index contributed by atoms with van der Waals surface area (Å²) in [6, 6.07) is 8.96. The molecule has 1 fully saturated rings. The molecule has 19 heavy (non-hydrogen) atoms. The van der Waals surface area contributed by atoms with E-state index in [1.165, 1.54) is 37.5 Å². The van der Waals surface area contributed by atoms with Crippen molar-refractivity contribution in [2.75, 3.05) is 6.54 Å². The molecule has 2 nitrogen and oxygen atoms in total. The summed E-state index contributed by atoms with van der Waals surface area (Å²) in [6.45, 7) is 2.02. The van der Waals surface area contributed by atoms with Gasteiger partial charge in [0.1, 0.15) is 0 Å². The number of para-hydroxylation sites is 1. The quantitative estimate of drug-likeness (QED) is 0.885. The van der Waals surface area contributed by atoms with Gasteiger partial charge in [0, 0.05) is 30.7 Å². The number of aromatic nitrogens is 1. The van der Waals surface area contributed by atoms with Crippen LogP contribution in [0.4, 0.5) is 0 Å². The highest BCUT2D eigenvalue weighted by Crippen LogP contribution is 2.24. The van der Waals surface area contributed by atoms with E-state index in [-0.39, 0.29) is 0 Å². The lowest BCUT2D eigenvalue weighted by Gasteiger charge is -2.23. The number of halogens is 1. The van der Waals surface area contributed by atoms with Crippen molar-refractivity contribution in [3.8, 4) is 0 Å². The van der Waals surface area contributed by atoms with Gasteiger partial charge in [-0.25, -0.2) is 0 Å². The van der Waals surface area contributed by atoms with Crippen LogP contribution in [0.2, 0.25) is 5.02 Å². The summed E-state index contributed by atoms with van der Waals surface area (Å²) < 4.78 is 2.26. The number of nitrogens with zero attached hydrogens (tertiary/aromatic N) is 1. The summed E-state index contributed by atoms with van der Waals surface area (Å²) >= 11 is 6.29. The van der Waals surface area contributed by atoms with Crippen molar-refractivity contribution in [1.29, 1.82) is 0 Å². The van der Waals surface area contributed by atoms with Crippen molar-refractivity contribution in [3.63, 3.8) is 0 Å². The van der Waals surface area contributed by atoms with Gasteiger partial charge in [0.2, 0.25) is 0 Å². The van der Waals surface area contributed by atoms with Crippen LogP contribution in [0.15, 0.2) is 30.5 Å². The summed E-state index contributed by atoms with van der Waals surface area (Å²) in [5.74, 6) is 0. The predicted octanol–water partition coefficient (Wildman–Crippen LogP) is 4.22. The van der Waals surface area contributed by atoms with Crippen LogP contribution in [0.1, 0.15) is 32.1 Å². The van der Waals surface area contributed by atoms with Crippen LogP contribution in [-0.4, -0.2) is 17.2 Å². The molecule has 1 aliphatic carbocycles. The zero-order chi connectivity index (χ0) is 13.1. The standard InChI is InChI=1S/C16H21ClN2/c17-15-8-4-5-13-9-11-19(16(13)15)12-10-18-14-6-2-1-3-7-14/h4-5,8-9,11,14,18H,1-3,6-7,10,12H2. The predicted molar refractivity (Wildman–Crippen MR) is 81.8 cm³/mol. The van der Waals surface area contributed by atoms with E-state index in [1.54, 1.807) is 0 Å². The van der Waals surface area contributed by atoms with Gasteiger partial charge in [0.05, 0.1) is 10.5 Å². The Morgan fingerprint density at radius 3 is 2.84 bits per heavy atom. The molecule has 0 saturated heterocycles. The Kier molecular flexibility index (Phi) is 4.09. The summed E-state index contributed by atoms with van der Waals surface area (Å²) in [5.41, 5.74) is 1.16. The van der Waals surface area contributed by atoms with Gasteiger partial charge in [-0.3, -0.25) is 0 Å². The molecule has 1 N–H and O–H groups in total. The van der Waals surface area contributed by atoms with Crippen molar-refractivity contribution in [2.45, 2.75) is 44.7 Å². The molecular formula is C16H21ClN2. The van der Waals surface area contributed by atoms with Gasteiger partial charge in [-0.2, -0.15) is 0 Å². The van der Waals surface area contributed by atoms with Crippen molar-refractivity contribution in [2.24, 2.45) is 0 Å². The molecule has 3 rings (SSSR count). The second kappa shape index (κ2) is 5.98. The highest BCUT2D eigenvalue weighted by molar-refractivity contribution is 6.35. The summed E-state index contributed by atoms with van der Waals surface area (Å²) in [6.07, 6.45) is 9.00. The number of hydrogen-bond donors (Lipinski definition) is 1. The van der Waals surface area contributed by atoms with E-state index in [2.05, 4.69) is 28.2 Å². The Balaban J connectivity index is 1.62. The van der Waals surface area contributed by atoms with Crippen LogP contribution < -0.4 is 5.32 Å². The molecule has 0 atom stereocenters. The van der Waals surface area contributed by atoms with Crippen LogP contribution in [0.5, 0.6) is 0 Å². The average molecular weight is 277 g/mol. The summed E-state index contributed by atoms with van der Waals surface area (Å²) in [7, 11) is 0. The van der Waals surface area contributed by atoms with E-state index in [4.69, 9.17) is 11.6 Å². The highest BCUT2D eigenvalue weighted by Gasteiger charge is 2.12. The Bertz CT molecular complexity index is 541. The molecule has 0 aliphatic heterocycles. The van der Waals surface area contributed by atoms with Gasteiger partial charge in [-0.1, -0.05) is 43.0 Å². The van der Waals surface area contributed by atoms with E-state index in [9.17, 15) is 0 Å². The molecular weight excluding hydrogens is 256 g/mol. The van der Waals surface area contributed by atoms with Gasteiger partial charge in [0.15, 0.2) is 0 Å². The first kappa shape index (κ1) is 13.0. The lowest BCUT2D eigenvalue weighted by atomic mass is 9.95. The molecule has 3 heteroatoms. The molecule has 1 aliphatic rings. The van der Waals surface area contributed by atoms with Crippen LogP contribution in [0.25, 0.3) is 10.9 Å². The minimum atomic E-state index is 0.728. The zero-order valence-electron chi connectivity index (χ0n) is 11.2. The van der Waals surface area contributed by atoms with Crippen molar-refractivity contribution in [1.82, 2.24) is 9.88 Å². The van der Waals surface area contributed by atoms with Crippen LogP contribution in [0.3, 0.4) is 0 Å². The average Bonchev–Trinajstić information content (AvgIpc) is 2.85. The molecule has 1 aromatic heterocycles. The Morgan fingerprint density at radius 2 is 2.00 bits per heavy atom. The fraction of sp³-hybridized carbons (Fsp3) is 0.500. The third-order valence-corrected chi connectivity index (χ3v) is 4.44. The van der Waals surface area contributed by atoms with E-state index in [1.807, 2.05) is 12.1 Å². The van der Waals surface area contributed by atoms with Gasteiger partial charge in [0.25, 0.3) is 0 Å². The minimum Gasteiger partial charge on any atom is -0.345 e. The molecule has 0 radical (unpaired) electrons. The molecule has 0 bridgehead atoms. The lowest BCUT2D eigenvalue weighted by Crippen LogP contribution is -2.33. The molecule has 1 heterocycles. The van der Waals surface area contributed by atoms with E-state index in [0.29, 0.717) is 0 Å². The van der Waals surface area contributed by atoms with Crippen LogP contribution in [0, 0.1) is 0 Å². The van der Waals surface area contributed by atoms with Crippen LogP contribution >= 0.6 is 11.6 Å². The first-order valence-corrected chi connectivity index (χ1v) is 7.69. The third kappa shape index (κ3) is 2.96.